The number of hydrogen-bond acceptors (Lipinski definition) is 5. The summed E-state index contributed by atoms with van der Waals surface area (Å²) in [5.41, 5.74) is 5.16. The van der Waals surface area contributed by atoms with Crippen LogP contribution in [0, 0.1) is 6.92 Å². The Labute approximate surface area is 93.5 Å². The van der Waals surface area contributed by atoms with E-state index in [-0.39, 0.29) is 11.4 Å². The van der Waals surface area contributed by atoms with Gasteiger partial charge in [0.25, 0.3) is 0 Å². The van der Waals surface area contributed by atoms with E-state index in [1.165, 1.54) is 7.11 Å². The second kappa shape index (κ2) is 4.05. The summed E-state index contributed by atoms with van der Waals surface area (Å²) in [5, 5.41) is 8.91. The number of rotatable bonds is 3. The normalized spacial score (nSPS) is 11.5. The Bertz CT molecular complexity index is 406. The van der Waals surface area contributed by atoms with E-state index in [0.29, 0.717) is 11.5 Å². The number of nitrogens with two attached hydrogens (primary N) is 1. The van der Waals surface area contributed by atoms with Crippen LogP contribution >= 0.6 is 0 Å². The van der Waals surface area contributed by atoms with Gasteiger partial charge in [-0.15, -0.1) is 0 Å². The number of anilines is 1. The predicted octanol–water partition coefficient (Wildman–Crippen LogP) is 0.947. The van der Waals surface area contributed by atoms with Gasteiger partial charge in [0.1, 0.15) is 17.0 Å². The highest BCUT2D eigenvalue weighted by Gasteiger charge is 2.26. The molecule has 88 valence electrons. The zero-order valence-corrected chi connectivity index (χ0v) is 9.74. The molecule has 16 heavy (non-hydrogen) atoms. The molecule has 1 heterocycles. The monoisotopic (exact) mass is 225 g/mol. The van der Waals surface area contributed by atoms with Crippen molar-refractivity contribution < 1.29 is 14.6 Å². The molecule has 0 unspecified atom stereocenters. The van der Waals surface area contributed by atoms with Gasteiger partial charge in [-0.3, -0.25) is 0 Å². The van der Waals surface area contributed by atoms with Crippen LogP contribution in [0.4, 0.5) is 5.82 Å². The van der Waals surface area contributed by atoms with Crippen molar-refractivity contribution in [3.63, 3.8) is 0 Å². The van der Waals surface area contributed by atoms with Crippen molar-refractivity contribution in [2.75, 3.05) is 12.8 Å². The lowest BCUT2D eigenvalue weighted by Gasteiger charge is -2.22. The molecule has 1 aromatic heterocycles. The van der Waals surface area contributed by atoms with Crippen LogP contribution in [0.15, 0.2) is 0 Å². The van der Waals surface area contributed by atoms with Gasteiger partial charge in [-0.25, -0.2) is 14.8 Å². The van der Waals surface area contributed by atoms with E-state index in [1.54, 1.807) is 20.8 Å². The van der Waals surface area contributed by atoms with Crippen LogP contribution in [0.2, 0.25) is 0 Å². The lowest BCUT2D eigenvalue weighted by molar-refractivity contribution is 0.0113. The minimum atomic E-state index is -1.13. The summed E-state index contributed by atoms with van der Waals surface area (Å²) in [6.45, 7) is 5.14. The minimum Gasteiger partial charge on any atom is -0.477 e. The zero-order valence-electron chi connectivity index (χ0n) is 9.74. The van der Waals surface area contributed by atoms with Gasteiger partial charge in [-0.05, 0) is 20.8 Å². The number of aromatic nitrogens is 2. The van der Waals surface area contributed by atoms with Crippen molar-refractivity contribution in [3.8, 4) is 0 Å². The summed E-state index contributed by atoms with van der Waals surface area (Å²) in [6.07, 6.45) is 0. The maximum atomic E-state index is 10.9. The van der Waals surface area contributed by atoms with Crippen LogP contribution in [0.3, 0.4) is 0 Å². The molecule has 0 aromatic carbocycles. The van der Waals surface area contributed by atoms with E-state index in [0.717, 1.165) is 0 Å². The van der Waals surface area contributed by atoms with Gasteiger partial charge in [-0.1, -0.05) is 0 Å². The van der Waals surface area contributed by atoms with E-state index < -0.39 is 11.6 Å². The number of nitrogens with zero attached hydrogens (tertiary/aromatic N) is 2. The van der Waals surface area contributed by atoms with Gasteiger partial charge in [-0.2, -0.15) is 0 Å². The summed E-state index contributed by atoms with van der Waals surface area (Å²) in [7, 11) is 1.53. The van der Waals surface area contributed by atoms with Crippen molar-refractivity contribution in [3.05, 3.63) is 17.1 Å². The number of methoxy groups -OCH3 is 1. The Hall–Kier alpha value is -1.69. The second-order valence-corrected chi connectivity index (χ2v) is 3.91. The highest BCUT2D eigenvalue weighted by atomic mass is 16.5. The van der Waals surface area contributed by atoms with Gasteiger partial charge in [0.15, 0.2) is 5.82 Å². The number of nitrogen functional groups attached to an aromatic ring is 1. The van der Waals surface area contributed by atoms with Gasteiger partial charge < -0.3 is 15.6 Å². The van der Waals surface area contributed by atoms with E-state index in [4.69, 9.17) is 15.6 Å². The highest BCUT2D eigenvalue weighted by Crippen LogP contribution is 2.23. The lowest BCUT2D eigenvalue weighted by Crippen LogP contribution is -2.25. The first-order valence-corrected chi connectivity index (χ1v) is 4.72. The van der Waals surface area contributed by atoms with Crippen molar-refractivity contribution >= 4 is 11.8 Å². The quantitative estimate of drug-likeness (QED) is 0.794. The first-order chi connectivity index (χ1) is 7.29. The maximum Gasteiger partial charge on any atom is 0.341 e. The van der Waals surface area contributed by atoms with Crippen LogP contribution < -0.4 is 5.73 Å². The lowest BCUT2D eigenvalue weighted by atomic mass is 10.1. The minimum absolute atomic E-state index is 0.0416. The average molecular weight is 225 g/mol. The van der Waals surface area contributed by atoms with Gasteiger partial charge in [0.05, 0.1) is 5.69 Å². The number of aromatic carboxylic acids is 1. The SMILES string of the molecule is COC(C)(C)c1nc(C)c(C(=O)O)c(N)n1. The summed E-state index contributed by atoms with van der Waals surface area (Å²) in [4.78, 5) is 18.9. The van der Waals surface area contributed by atoms with Crippen LogP contribution in [0.1, 0.15) is 35.7 Å². The molecule has 0 saturated heterocycles. The van der Waals surface area contributed by atoms with E-state index >= 15 is 0 Å². The zero-order chi connectivity index (χ0) is 12.5. The molecule has 0 aliphatic carbocycles. The molecule has 0 fully saturated rings. The third kappa shape index (κ3) is 2.11. The molecular formula is C10H15N3O3. The molecule has 0 aliphatic heterocycles. The summed E-state index contributed by atoms with van der Waals surface area (Å²) in [6, 6.07) is 0. The number of ether oxygens (including phenoxy) is 1. The number of carboxylic acid groups (broad SMARTS) is 1. The molecule has 6 heteroatoms. The molecule has 3 N–H and O–H groups in total. The maximum absolute atomic E-state index is 10.9. The molecule has 0 spiro atoms. The summed E-state index contributed by atoms with van der Waals surface area (Å²) < 4.78 is 5.21. The van der Waals surface area contributed by atoms with E-state index in [2.05, 4.69) is 9.97 Å². The number of carbonyl (C=O) groups is 1. The highest BCUT2D eigenvalue weighted by molar-refractivity contribution is 5.93. The van der Waals surface area contributed by atoms with Crippen LogP contribution in [0.25, 0.3) is 0 Å². The largest absolute Gasteiger partial charge is 0.477 e. The standard InChI is InChI=1S/C10H15N3O3/c1-5-6(8(14)15)7(11)13-9(12-5)10(2,3)16-4/h1-4H3,(H,14,15)(H2,11,12,13). The fourth-order valence-corrected chi connectivity index (χ4v) is 1.22. The molecule has 1 aromatic rings. The second-order valence-electron chi connectivity index (χ2n) is 3.91. The van der Waals surface area contributed by atoms with Gasteiger partial charge in [0, 0.05) is 7.11 Å². The van der Waals surface area contributed by atoms with Crippen LogP contribution in [0.5, 0.6) is 0 Å². The molecule has 0 atom stereocenters. The van der Waals surface area contributed by atoms with Gasteiger partial charge >= 0.3 is 5.97 Å². The Morgan fingerprint density at radius 3 is 2.38 bits per heavy atom. The van der Waals surface area contributed by atoms with Gasteiger partial charge in [0.2, 0.25) is 0 Å². The number of carboxylic acids is 1. The van der Waals surface area contributed by atoms with Crippen molar-refractivity contribution in [2.45, 2.75) is 26.4 Å². The van der Waals surface area contributed by atoms with Crippen LogP contribution in [-0.2, 0) is 10.3 Å². The van der Waals surface area contributed by atoms with Crippen molar-refractivity contribution in [2.24, 2.45) is 0 Å². The van der Waals surface area contributed by atoms with Crippen molar-refractivity contribution in [1.29, 1.82) is 0 Å². The predicted molar refractivity (Wildman–Crippen MR) is 58.2 cm³/mol. The Balaban J connectivity index is 3.36. The molecule has 0 aliphatic rings. The topological polar surface area (TPSA) is 98.3 Å². The van der Waals surface area contributed by atoms with E-state index in [1.807, 2.05) is 0 Å². The summed E-state index contributed by atoms with van der Waals surface area (Å²) >= 11 is 0. The molecule has 0 amide bonds. The number of hydrogen-bond donors (Lipinski definition) is 2. The smallest absolute Gasteiger partial charge is 0.341 e. The molecule has 0 bridgehead atoms. The third-order valence-corrected chi connectivity index (χ3v) is 2.38. The Morgan fingerprint density at radius 1 is 1.44 bits per heavy atom. The third-order valence-electron chi connectivity index (χ3n) is 2.38. The van der Waals surface area contributed by atoms with Crippen molar-refractivity contribution in [1.82, 2.24) is 9.97 Å². The number of aryl methyl sites for hydroxylation is 1. The first-order valence-electron chi connectivity index (χ1n) is 4.72. The molecular weight excluding hydrogens is 210 g/mol. The first kappa shape index (κ1) is 12.4. The Morgan fingerprint density at radius 2 is 2.00 bits per heavy atom. The molecule has 6 nitrogen and oxygen atoms in total. The summed E-state index contributed by atoms with van der Waals surface area (Å²) in [5.74, 6) is -0.799. The molecule has 0 radical (unpaired) electrons. The van der Waals surface area contributed by atoms with Crippen LogP contribution in [-0.4, -0.2) is 28.2 Å². The van der Waals surface area contributed by atoms with E-state index in [9.17, 15) is 4.79 Å². The fraction of sp³-hybridized carbons (Fsp3) is 0.500. The molecule has 0 saturated carbocycles. The molecule has 1 rings (SSSR count). The Kier molecular flexibility index (Phi) is 3.14. The average Bonchev–Trinajstić information content (AvgIpc) is 2.15. The fourth-order valence-electron chi connectivity index (χ4n) is 1.22.